The van der Waals surface area contributed by atoms with Crippen LogP contribution >= 0.6 is 23.2 Å². The van der Waals surface area contributed by atoms with E-state index < -0.39 is 23.2 Å². The third kappa shape index (κ3) is 3.28. The van der Waals surface area contributed by atoms with E-state index in [0.29, 0.717) is 15.3 Å². The van der Waals surface area contributed by atoms with Gasteiger partial charge >= 0.3 is 6.18 Å². The molecule has 0 atom stereocenters. The van der Waals surface area contributed by atoms with Crippen molar-refractivity contribution in [1.82, 2.24) is 9.78 Å². The van der Waals surface area contributed by atoms with E-state index in [1.54, 1.807) is 12.1 Å². The average Bonchev–Trinajstić information content (AvgIpc) is 2.70. The Morgan fingerprint density at radius 1 is 1.27 bits per heavy atom. The van der Waals surface area contributed by atoms with Crippen molar-refractivity contribution in [3.05, 3.63) is 50.8 Å². The number of halogens is 5. The van der Waals surface area contributed by atoms with E-state index in [0.717, 1.165) is 14.0 Å². The summed E-state index contributed by atoms with van der Waals surface area (Å²) in [5.74, 6) is -0.685. The summed E-state index contributed by atoms with van der Waals surface area (Å²) in [6.07, 6.45) is -4.60. The minimum atomic E-state index is -4.65. The zero-order valence-electron chi connectivity index (χ0n) is 11.6. The van der Waals surface area contributed by atoms with E-state index >= 15 is 0 Å². The van der Waals surface area contributed by atoms with Crippen molar-refractivity contribution in [2.45, 2.75) is 19.5 Å². The number of hydrogen-bond donors (Lipinski definition) is 0. The Morgan fingerprint density at radius 3 is 2.41 bits per heavy atom. The molecule has 0 fully saturated rings. The number of carbonyl (C=O) groups excluding carboxylic acids is 1. The van der Waals surface area contributed by atoms with Crippen LogP contribution in [0.3, 0.4) is 0 Å². The lowest BCUT2D eigenvalue weighted by Crippen LogP contribution is -2.15. The average molecular weight is 351 g/mol. The standard InChI is InChI=1S/C14H11Cl2F3N2O/c1-7(22)12-11(20-21(2)13(12)14(17,18)19)6-8-3-4-9(15)10(16)5-8/h3-5H,6H2,1-2H3. The summed E-state index contributed by atoms with van der Waals surface area (Å²) in [5, 5.41) is 4.47. The highest BCUT2D eigenvalue weighted by Crippen LogP contribution is 2.34. The van der Waals surface area contributed by atoms with Crippen LogP contribution in [0.4, 0.5) is 13.2 Å². The van der Waals surface area contributed by atoms with Gasteiger partial charge in [0, 0.05) is 13.5 Å². The lowest BCUT2D eigenvalue weighted by molar-refractivity contribution is -0.144. The van der Waals surface area contributed by atoms with Crippen LogP contribution < -0.4 is 0 Å². The van der Waals surface area contributed by atoms with Crippen LogP contribution in [-0.4, -0.2) is 15.6 Å². The molecule has 0 aliphatic carbocycles. The van der Waals surface area contributed by atoms with E-state index in [1.165, 1.54) is 6.07 Å². The Hall–Kier alpha value is -1.53. The summed E-state index contributed by atoms with van der Waals surface area (Å²) in [4.78, 5) is 11.7. The summed E-state index contributed by atoms with van der Waals surface area (Å²) in [6, 6.07) is 4.70. The molecule has 1 aromatic heterocycles. The highest BCUT2D eigenvalue weighted by atomic mass is 35.5. The number of aryl methyl sites for hydroxylation is 1. The number of ketones is 1. The van der Waals surface area contributed by atoms with E-state index in [1.807, 2.05) is 0 Å². The van der Waals surface area contributed by atoms with Crippen molar-refractivity contribution in [1.29, 1.82) is 0 Å². The smallest absolute Gasteiger partial charge is 0.294 e. The molecule has 8 heteroatoms. The summed E-state index contributed by atoms with van der Waals surface area (Å²) < 4.78 is 39.9. The van der Waals surface area contributed by atoms with Gasteiger partial charge in [-0.1, -0.05) is 29.3 Å². The summed E-state index contributed by atoms with van der Waals surface area (Å²) in [7, 11) is 1.16. The predicted octanol–water partition coefficient (Wildman–Crippen LogP) is 4.54. The molecule has 2 rings (SSSR count). The van der Waals surface area contributed by atoms with Gasteiger partial charge in [0.15, 0.2) is 11.5 Å². The van der Waals surface area contributed by atoms with Crippen LogP contribution in [0.25, 0.3) is 0 Å². The first-order valence-corrected chi connectivity index (χ1v) is 6.94. The molecule has 0 bridgehead atoms. The Bertz CT molecular complexity index is 738. The molecule has 0 unspecified atom stereocenters. The largest absolute Gasteiger partial charge is 0.433 e. The van der Waals surface area contributed by atoms with Gasteiger partial charge in [-0.2, -0.15) is 18.3 Å². The summed E-state index contributed by atoms with van der Waals surface area (Å²) in [6.45, 7) is 1.09. The zero-order chi connectivity index (χ0) is 16.7. The highest BCUT2D eigenvalue weighted by Gasteiger charge is 2.40. The maximum Gasteiger partial charge on any atom is 0.433 e. The topological polar surface area (TPSA) is 34.9 Å². The minimum absolute atomic E-state index is 0.0513. The molecule has 22 heavy (non-hydrogen) atoms. The number of alkyl halides is 3. The van der Waals surface area contributed by atoms with Gasteiger partial charge in [0.2, 0.25) is 0 Å². The molecular formula is C14H11Cl2F3N2O. The maximum atomic E-state index is 13.1. The lowest BCUT2D eigenvalue weighted by atomic mass is 10.0. The van der Waals surface area contributed by atoms with Crippen LogP contribution in [0.5, 0.6) is 0 Å². The van der Waals surface area contributed by atoms with E-state index in [4.69, 9.17) is 23.2 Å². The van der Waals surface area contributed by atoms with Crippen LogP contribution in [0, 0.1) is 0 Å². The third-order valence-electron chi connectivity index (χ3n) is 3.10. The van der Waals surface area contributed by atoms with Gasteiger partial charge in [0.25, 0.3) is 0 Å². The van der Waals surface area contributed by atoms with Crippen LogP contribution in [0.2, 0.25) is 10.0 Å². The summed E-state index contributed by atoms with van der Waals surface area (Å²) in [5.41, 5.74) is -0.791. The van der Waals surface area contributed by atoms with Crippen molar-refractivity contribution >= 4 is 29.0 Å². The van der Waals surface area contributed by atoms with Crippen molar-refractivity contribution < 1.29 is 18.0 Å². The highest BCUT2D eigenvalue weighted by molar-refractivity contribution is 6.42. The quantitative estimate of drug-likeness (QED) is 0.761. The van der Waals surface area contributed by atoms with E-state index in [2.05, 4.69) is 5.10 Å². The second kappa shape index (κ2) is 5.93. The van der Waals surface area contributed by atoms with Crippen molar-refractivity contribution in [2.24, 2.45) is 7.05 Å². The van der Waals surface area contributed by atoms with Gasteiger partial charge in [0.05, 0.1) is 21.3 Å². The minimum Gasteiger partial charge on any atom is -0.294 e. The first kappa shape index (κ1) is 16.8. The second-order valence-corrected chi connectivity index (χ2v) is 5.59. The second-order valence-electron chi connectivity index (χ2n) is 4.77. The molecule has 0 saturated heterocycles. The molecule has 1 heterocycles. The number of rotatable bonds is 3. The molecule has 0 radical (unpaired) electrons. The molecule has 0 N–H and O–H groups in total. The van der Waals surface area contributed by atoms with Crippen molar-refractivity contribution in [2.75, 3.05) is 0 Å². The van der Waals surface area contributed by atoms with Gasteiger partial charge in [0.1, 0.15) is 0 Å². The first-order valence-electron chi connectivity index (χ1n) is 6.19. The van der Waals surface area contributed by atoms with E-state index in [-0.39, 0.29) is 17.1 Å². The third-order valence-corrected chi connectivity index (χ3v) is 3.83. The number of benzene rings is 1. The Labute approximate surface area is 134 Å². The molecule has 2 aromatic rings. The molecular weight excluding hydrogens is 340 g/mol. The molecule has 1 aromatic carbocycles. The van der Waals surface area contributed by atoms with E-state index in [9.17, 15) is 18.0 Å². The van der Waals surface area contributed by atoms with Crippen LogP contribution in [0.1, 0.15) is 34.2 Å². The fourth-order valence-corrected chi connectivity index (χ4v) is 2.56. The van der Waals surface area contributed by atoms with Gasteiger partial charge in [-0.05, 0) is 24.6 Å². The maximum absolute atomic E-state index is 13.1. The molecule has 118 valence electrons. The number of Topliss-reactive ketones (excluding diaryl/α,β-unsaturated/α-hetero) is 1. The number of aromatic nitrogens is 2. The molecule has 0 amide bonds. The molecule has 0 spiro atoms. The fraction of sp³-hybridized carbons (Fsp3) is 0.286. The van der Waals surface area contributed by atoms with Crippen LogP contribution in [-0.2, 0) is 19.6 Å². The van der Waals surface area contributed by atoms with Gasteiger partial charge < -0.3 is 0 Å². The molecule has 0 aliphatic rings. The lowest BCUT2D eigenvalue weighted by Gasteiger charge is -2.08. The monoisotopic (exact) mass is 350 g/mol. The van der Waals surface area contributed by atoms with Crippen LogP contribution in [0.15, 0.2) is 18.2 Å². The van der Waals surface area contributed by atoms with Gasteiger partial charge in [-0.25, -0.2) is 0 Å². The van der Waals surface area contributed by atoms with Crippen molar-refractivity contribution in [3.8, 4) is 0 Å². The first-order chi connectivity index (χ1) is 10.1. The number of carbonyl (C=O) groups is 1. The summed E-state index contributed by atoms with van der Waals surface area (Å²) >= 11 is 11.7. The molecule has 3 nitrogen and oxygen atoms in total. The molecule has 0 aliphatic heterocycles. The Balaban J connectivity index is 2.52. The Kier molecular flexibility index (Phi) is 4.54. The normalized spacial score (nSPS) is 11.8. The Morgan fingerprint density at radius 2 is 1.91 bits per heavy atom. The number of nitrogens with zero attached hydrogens (tertiary/aromatic N) is 2. The van der Waals surface area contributed by atoms with Gasteiger partial charge in [-0.3, -0.25) is 9.48 Å². The fourth-order valence-electron chi connectivity index (χ4n) is 2.24. The van der Waals surface area contributed by atoms with Crippen molar-refractivity contribution in [3.63, 3.8) is 0 Å². The molecule has 0 saturated carbocycles. The predicted molar refractivity (Wildman–Crippen MR) is 77.5 cm³/mol. The SMILES string of the molecule is CC(=O)c1c(Cc2ccc(Cl)c(Cl)c2)nn(C)c1C(F)(F)F. The zero-order valence-corrected chi connectivity index (χ0v) is 13.1. The number of hydrogen-bond acceptors (Lipinski definition) is 2. The van der Waals surface area contributed by atoms with Gasteiger partial charge in [-0.15, -0.1) is 0 Å².